The number of hydrogen-bond donors (Lipinski definition) is 0. The lowest BCUT2D eigenvalue weighted by Gasteiger charge is -2.36. The van der Waals surface area contributed by atoms with Crippen molar-refractivity contribution in [1.29, 1.82) is 0 Å². The van der Waals surface area contributed by atoms with Crippen molar-refractivity contribution in [3.63, 3.8) is 0 Å². The molecule has 2 atom stereocenters. The second-order valence-corrected chi connectivity index (χ2v) is 22.7. The standard InChI is InChI=1S/C77H65NO/c1-6-53(2)55-32-30-54(31-33-55)52-79-66-46-40-62(41-47-66)77(61-38-36-58(37-39-61)75(3,4)5)72-29-19-17-27-68(72)70-49-45-65(51-74(70)77)78(63-42-34-57(35-43-63)56-20-10-7-11-21-56)64-44-48-69-67-26-16-18-28-71(67)76(73(69)50-64,59-22-12-8-13-23-59)60-24-14-9-15-25-60/h7-51,53H,6,52H2,1-5H3. The van der Waals surface area contributed by atoms with Crippen LogP contribution in [0.1, 0.15) is 108 Å². The molecule has 0 heterocycles. The first kappa shape index (κ1) is 49.6. The number of anilines is 3. The molecule has 0 N–H and O–H groups in total. The summed E-state index contributed by atoms with van der Waals surface area (Å²) >= 11 is 0. The van der Waals surface area contributed by atoms with Crippen LogP contribution in [0.5, 0.6) is 5.75 Å². The average Bonchev–Trinajstić information content (AvgIpc) is 3.97. The van der Waals surface area contributed by atoms with E-state index in [-0.39, 0.29) is 5.41 Å². The van der Waals surface area contributed by atoms with Gasteiger partial charge in [-0.15, -0.1) is 0 Å². The topological polar surface area (TPSA) is 12.5 Å². The van der Waals surface area contributed by atoms with Gasteiger partial charge in [-0.2, -0.15) is 0 Å². The Kier molecular flexibility index (Phi) is 12.6. The van der Waals surface area contributed by atoms with Crippen LogP contribution in [-0.4, -0.2) is 0 Å². The molecule has 0 saturated heterocycles. The highest BCUT2D eigenvalue weighted by Crippen LogP contribution is 2.60. The summed E-state index contributed by atoms with van der Waals surface area (Å²) in [5.41, 5.74) is 23.2. The van der Waals surface area contributed by atoms with E-state index < -0.39 is 10.8 Å². The van der Waals surface area contributed by atoms with Gasteiger partial charge in [0, 0.05) is 17.1 Å². The van der Waals surface area contributed by atoms with Crippen molar-refractivity contribution in [2.45, 2.75) is 69.8 Å². The Morgan fingerprint density at radius 1 is 0.392 bits per heavy atom. The van der Waals surface area contributed by atoms with E-state index in [1.807, 2.05) is 0 Å². The van der Waals surface area contributed by atoms with Gasteiger partial charge in [-0.25, -0.2) is 0 Å². The molecule has 2 nitrogen and oxygen atoms in total. The predicted molar refractivity (Wildman–Crippen MR) is 329 cm³/mol. The molecule has 2 unspecified atom stereocenters. The van der Waals surface area contributed by atoms with Crippen molar-refractivity contribution in [1.82, 2.24) is 0 Å². The molecule has 0 spiro atoms. The molecule has 79 heavy (non-hydrogen) atoms. The molecule has 13 rings (SSSR count). The zero-order chi connectivity index (χ0) is 53.7. The Morgan fingerprint density at radius 2 is 0.810 bits per heavy atom. The maximum atomic E-state index is 6.57. The van der Waals surface area contributed by atoms with E-state index in [4.69, 9.17) is 4.74 Å². The van der Waals surface area contributed by atoms with Gasteiger partial charge in [-0.1, -0.05) is 259 Å². The summed E-state index contributed by atoms with van der Waals surface area (Å²) in [6, 6.07) is 102. The fraction of sp³-hybridized carbons (Fsp3) is 0.143. The molecule has 2 aliphatic rings. The number of fused-ring (bicyclic) bond motifs is 6. The Morgan fingerprint density at radius 3 is 1.30 bits per heavy atom. The summed E-state index contributed by atoms with van der Waals surface area (Å²) in [5.74, 6) is 1.38. The maximum absolute atomic E-state index is 6.57. The SMILES string of the molecule is CCC(C)c1ccc(COc2ccc(C3(c4ccc(C(C)(C)C)cc4)c4ccccc4-c4ccc(N(c5ccc(-c6ccccc6)cc5)c5ccc6c(c5)C(c5ccccc5)(c5ccccc5)c5ccccc5-6)cc43)cc2)cc1. The number of benzene rings is 11. The fourth-order valence-electron chi connectivity index (χ4n) is 13.0. The molecule has 2 aliphatic carbocycles. The summed E-state index contributed by atoms with van der Waals surface area (Å²) in [7, 11) is 0. The van der Waals surface area contributed by atoms with Gasteiger partial charge in [0.2, 0.25) is 0 Å². The van der Waals surface area contributed by atoms with Crippen molar-refractivity contribution in [3.05, 3.63) is 334 Å². The largest absolute Gasteiger partial charge is 0.489 e. The van der Waals surface area contributed by atoms with E-state index in [0.717, 1.165) is 34.8 Å². The minimum Gasteiger partial charge on any atom is -0.489 e. The molecule has 0 bridgehead atoms. The van der Waals surface area contributed by atoms with E-state index >= 15 is 0 Å². The highest BCUT2D eigenvalue weighted by atomic mass is 16.5. The third-order valence-corrected chi connectivity index (χ3v) is 17.3. The Hall–Kier alpha value is -8.98. The van der Waals surface area contributed by atoms with Crippen molar-refractivity contribution in [2.24, 2.45) is 0 Å². The summed E-state index contributed by atoms with van der Waals surface area (Å²) in [6.07, 6.45) is 1.12. The van der Waals surface area contributed by atoms with Gasteiger partial charge in [-0.05, 0) is 161 Å². The Labute approximate surface area is 467 Å². The van der Waals surface area contributed by atoms with Gasteiger partial charge in [0.25, 0.3) is 0 Å². The zero-order valence-electron chi connectivity index (χ0n) is 45.8. The fourth-order valence-corrected chi connectivity index (χ4v) is 13.0. The van der Waals surface area contributed by atoms with Crippen LogP contribution in [-0.2, 0) is 22.9 Å². The molecular weight excluding hydrogens is 955 g/mol. The van der Waals surface area contributed by atoms with Crippen LogP contribution >= 0.6 is 0 Å². The van der Waals surface area contributed by atoms with Gasteiger partial charge in [0.1, 0.15) is 12.4 Å². The first-order chi connectivity index (χ1) is 38.7. The normalized spacial score (nSPS) is 15.1. The highest BCUT2D eigenvalue weighted by molar-refractivity contribution is 5.92. The number of nitrogens with zero attached hydrogens (tertiary/aromatic N) is 1. The highest BCUT2D eigenvalue weighted by Gasteiger charge is 2.48. The minimum absolute atomic E-state index is 0.00961. The third-order valence-electron chi connectivity index (χ3n) is 17.3. The first-order valence-electron chi connectivity index (χ1n) is 28.1. The molecule has 0 fully saturated rings. The lowest BCUT2D eigenvalue weighted by molar-refractivity contribution is 0.306. The van der Waals surface area contributed by atoms with Crippen LogP contribution in [0.15, 0.2) is 273 Å². The summed E-state index contributed by atoms with van der Waals surface area (Å²) in [4.78, 5) is 2.49. The van der Waals surface area contributed by atoms with Crippen LogP contribution in [0, 0.1) is 0 Å². The maximum Gasteiger partial charge on any atom is 0.119 e. The molecule has 384 valence electrons. The van der Waals surface area contributed by atoms with Gasteiger partial charge >= 0.3 is 0 Å². The van der Waals surface area contributed by atoms with E-state index in [1.165, 1.54) is 89.0 Å². The van der Waals surface area contributed by atoms with Crippen LogP contribution < -0.4 is 9.64 Å². The molecule has 0 aliphatic heterocycles. The Bertz CT molecular complexity index is 3910. The van der Waals surface area contributed by atoms with Crippen LogP contribution in [0.4, 0.5) is 17.1 Å². The van der Waals surface area contributed by atoms with E-state index in [9.17, 15) is 0 Å². The molecule has 2 heteroatoms. The van der Waals surface area contributed by atoms with Crippen molar-refractivity contribution in [3.8, 4) is 39.1 Å². The summed E-state index contributed by atoms with van der Waals surface area (Å²) in [6.45, 7) is 11.9. The van der Waals surface area contributed by atoms with Crippen molar-refractivity contribution in [2.75, 3.05) is 4.90 Å². The Balaban J connectivity index is 1.01. The van der Waals surface area contributed by atoms with E-state index in [2.05, 4.69) is 313 Å². The average molecular weight is 1020 g/mol. The third kappa shape index (κ3) is 8.41. The molecule has 0 aromatic heterocycles. The molecule has 0 saturated carbocycles. The predicted octanol–water partition coefficient (Wildman–Crippen LogP) is 19.9. The molecule has 0 amide bonds. The summed E-state index contributed by atoms with van der Waals surface area (Å²) in [5, 5.41) is 0. The lowest BCUT2D eigenvalue weighted by Crippen LogP contribution is -2.29. The number of rotatable bonds is 13. The molecular formula is C77H65NO. The van der Waals surface area contributed by atoms with Gasteiger partial charge in [-0.3, -0.25) is 0 Å². The number of ether oxygens (including phenoxy) is 1. The van der Waals surface area contributed by atoms with E-state index in [0.29, 0.717) is 12.5 Å². The van der Waals surface area contributed by atoms with Gasteiger partial charge in [0.15, 0.2) is 0 Å². The smallest absolute Gasteiger partial charge is 0.119 e. The minimum atomic E-state index is -0.666. The van der Waals surface area contributed by atoms with Crippen molar-refractivity contribution < 1.29 is 4.74 Å². The molecule has 0 radical (unpaired) electrons. The first-order valence-corrected chi connectivity index (χ1v) is 28.1. The second kappa shape index (κ2) is 20.1. The van der Waals surface area contributed by atoms with Gasteiger partial charge in [0.05, 0.1) is 10.8 Å². The lowest BCUT2D eigenvalue weighted by atomic mass is 9.67. The number of hydrogen-bond acceptors (Lipinski definition) is 2. The zero-order valence-corrected chi connectivity index (χ0v) is 45.8. The van der Waals surface area contributed by atoms with Crippen LogP contribution in [0.25, 0.3) is 33.4 Å². The molecule has 11 aromatic carbocycles. The van der Waals surface area contributed by atoms with Crippen molar-refractivity contribution >= 4 is 17.1 Å². The summed E-state index contributed by atoms with van der Waals surface area (Å²) < 4.78 is 6.57. The van der Waals surface area contributed by atoms with Gasteiger partial charge < -0.3 is 9.64 Å². The van der Waals surface area contributed by atoms with Crippen LogP contribution in [0.3, 0.4) is 0 Å². The molecule has 11 aromatic rings. The quantitative estimate of drug-likeness (QED) is 0.114. The van der Waals surface area contributed by atoms with Crippen LogP contribution in [0.2, 0.25) is 0 Å². The van der Waals surface area contributed by atoms with E-state index in [1.54, 1.807) is 0 Å². The second-order valence-electron chi connectivity index (χ2n) is 22.7. The monoisotopic (exact) mass is 1020 g/mol.